The third-order valence-electron chi connectivity index (χ3n) is 9.08. The Morgan fingerprint density at radius 1 is 1.22 bits per heavy atom. The number of amides is 1. The molecule has 0 spiro atoms. The highest BCUT2D eigenvalue weighted by Crippen LogP contribution is 2.65. The second kappa shape index (κ2) is 10.3. The van der Waals surface area contributed by atoms with E-state index in [0.29, 0.717) is 18.4 Å². The number of hydrogen-bond donors (Lipinski definition) is 2. The maximum Gasteiger partial charge on any atom is 0.481 e. The molecule has 2 aromatic rings. The third-order valence-corrected chi connectivity index (χ3v) is 9.08. The summed E-state index contributed by atoms with van der Waals surface area (Å²) in [6.45, 7) is 7.69. The quantitative estimate of drug-likeness (QED) is 0.369. The smallest absolute Gasteiger partial charge is 0.404 e. The van der Waals surface area contributed by atoms with Gasteiger partial charge in [0, 0.05) is 6.42 Å². The first kappa shape index (κ1) is 25.4. The van der Waals surface area contributed by atoms with Crippen molar-refractivity contribution in [3.63, 3.8) is 0 Å². The fourth-order valence-corrected chi connectivity index (χ4v) is 6.76. The Morgan fingerprint density at radius 2 is 2.03 bits per heavy atom. The van der Waals surface area contributed by atoms with Crippen molar-refractivity contribution in [3.8, 4) is 0 Å². The van der Waals surface area contributed by atoms with Crippen molar-refractivity contribution >= 4 is 13.0 Å². The SMILES string of the molecule is CC1(C)C2CC3OB(C(CCCCN)NC(=O)Cn4ncnc4CCc4ccccc4)OC3(C)C1C2. The number of carbonyl (C=O) groups is 1. The van der Waals surface area contributed by atoms with Crippen molar-refractivity contribution in [2.75, 3.05) is 6.54 Å². The minimum Gasteiger partial charge on any atom is -0.404 e. The van der Waals surface area contributed by atoms with Crippen LogP contribution in [0.1, 0.15) is 64.3 Å². The molecule has 8 nitrogen and oxygen atoms in total. The molecule has 5 unspecified atom stereocenters. The fraction of sp³-hybridized carbons (Fsp3) is 0.667. The molecule has 1 aromatic carbocycles. The van der Waals surface area contributed by atoms with Crippen LogP contribution in [0.2, 0.25) is 0 Å². The van der Waals surface area contributed by atoms with Gasteiger partial charge in [-0.1, -0.05) is 50.6 Å². The molecule has 1 saturated heterocycles. The Labute approximate surface area is 214 Å². The number of nitrogens with zero attached hydrogens (tertiary/aromatic N) is 3. The Bertz CT molecular complexity index is 1050. The topological polar surface area (TPSA) is 104 Å². The van der Waals surface area contributed by atoms with E-state index in [1.807, 2.05) is 18.2 Å². The van der Waals surface area contributed by atoms with Crippen LogP contribution in [-0.4, -0.2) is 52.0 Å². The number of aryl methyl sites for hydroxylation is 2. The number of aromatic nitrogens is 3. The Morgan fingerprint density at radius 3 is 2.78 bits per heavy atom. The molecule has 3 saturated carbocycles. The molecule has 36 heavy (non-hydrogen) atoms. The molecular weight excluding hydrogens is 453 g/mol. The number of rotatable bonds is 11. The molecule has 194 valence electrons. The molecule has 9 heteroatoms. The largest absolute Gasteiger partial charge is 0.481 e. The summed E-state index contributed by atoms with van der Waals surface area (Å²) in [5, 5.41) is 7.53. The average molecular weight is 493 g/mol. The summed E-state index contributed by atoms with van der Waals surface area (Å²) in [6.07, 6.45) is 8.02. The molecule has 1 aromatic heterocycles. The van der Waals surface area contributed by atoms with Gasteiger partial charge in [-0.3, -0.25) is 4.79 Å². The predicted molar refractivity (Wildman–Crippen MR) is 139 cm³/mol. The maximum atomic E-state index is 13.2. The summed E-state index contributed by atoms with van der Waals surface area (Å²) < 4.78 is 14.9. The number of hydrogen-bond acceptors (Lipinski definition) is 6. The molecule has 3 aliphatic carbocycles. The Kier molecular flexibility index (Phi) is 7.25. The molecular formula is C27H40BN5O3. The molecule has 4 fully saturated rings. The molecule has 2 heterocycles. The van der Waals surface area contributed by atoms with Gasteiger partial charge < -0.3 is 20.4 Å². The first-order chi connectivity index (χ1) is 17.3. The van der Waals surface area contributed by atoms with E-state index in [-0.39, 0.29) is 35.5 Å². The molecule has 6 rings (SSSR count). The van der Waals surface area contributed by atoms with Gasteiger partial charge in [0.2, 0.25) is 5.91 Å². The van der Waals surface area contributed by atoms with E-state index in [4.69, 9.17) is 15.0 Å². The molecule has 1 amide bonds. The van der Waals surface area contributed by atoms with Gasteiger partial charge in [0.1, 0.15) is 18.7 Å². The van der Waals surface area contributed by atoms with Gasteiger partial charge in [-0.25, -0.2) is 9.67 Å². The molecule has 5 atom stereocenters. The lowest BCUT2D eigenvalue weighted by Crippen LogP contribution is -2.65. The summed E-state index contributed by atoms with van der Waals surface area (Å²) in [6, 6.07) is 10.3. The highest BCUT2D eigenvalue weighted by Gasteiger charge is 2.68. The number of benzene rings is 1. The molecule has 3 N–H and O–H groups in total. The maximum absolute atomic E-state index is 13.2. The number of carbonyl (C=O) groups excluding carboxylic acids is 1. The van der Waals surface area contributed by atoms with Crippen LogP contribution in [0, 0.1) is 17.3 Å². The lowest BCUT2D eigenvalue weighted by atomic mass is 9.43. The number of nitrogens with two attached hydrogens (primary N) is 1. The van der Waals surface area contributed by atoms with Gasteiger partial charge in [0.05, 0.1) is 17.6 Å². The lowest BCUT2D eigenvalue weighted by molar-refractivity contribution is -0.199. The number of nitrogens with one attached hydrogen (secondary N) is 1. The van der Waals surface area contributed by atoms with E-state index in [1.54, 1.807) is 4.68 Å². The molecule has 2 bridgehead atoms. The van der Waals surface area contributed by atoms with Gasteiger partial charge in [-0.15, -0.1) is 0 Å². The van der Waals surface area contributed by atoms with Crippen molar-refractivity contribution in [3.05, 3.63) is 48.0 Å². The van der Waals surface area contributed by atoms with Crippen LogP contribution >= 0.6 is 0 Å². The van der Waals surface area contributed by atoms with E-state index < -0.39 is 7.12 Å². The van der Waals surface area contributed by atoms with Gasteiger partial charge in [-0.05, 0) is 68.4 Å². The molecule has 4 aliphatic rings. The van der Waals surface area contributed by atoms with Crippen LogP contribution in [0.5, 0.6) is 0 Å². The van der Waals surface area contributed by atoms with Crippen LogP contribution < -0.4 is 11.1 Å². The molecule has 0 radical (unpaired) electrons. The van der Waals surface area contributed by atoms with Crippen LogP contribution in [0.15, 0.2) is 36.7 Å². The summed E-state index contributed by atoms with van der Waals surface area (Å²) in [5.74, 6) is 1.66. The van der Waals surface area contributed by atoms with Gasteiger partial charge >= 0.3 is 7.12 Å². The van der Waals surface area contributed by atoms with Gasteiger partial charge in [-0.2, -0.15) is 5.10 Å². The lowest BCUT2D eigenvalue weighted by Gasteiger charge is -2.64. The first-order valence-electron chi connectivity index (χ1n) is 13.5. The van der Waals surface area contributed by atoms with Crippen molar-refractivity contribution in [1.29, 1.82) is 0 Å². The zero-order valence-electron chi connectivity index (χ0n) is 21.9. The normalized spacial score (nSPS) is 28.9. The number of unbranched alkanes of at least 4 members (excludes halogenated alkanes) is 1. The monoisotopic (exact) mass is 493 g/mol. The van der Waals surface area contributed by atoms with E-state index in [9.17, 15) is 4.79 Å². The van der Waals surface area contributed by atoms with E-state index >= 15 is 0 Å². The van der Waals surface area contributed by atoms with Gasteiger partial charge in [0.25, 0.3) is 0 Å². The second-order valence-electron chi connectivity index (χ2n) is 11.6. The minimum absolute atomic E-state index is 0.0908. The highest BCUT2D eigenvalue weighted by atomic mass is 16.7. The summed E-state index contributed by atoms with van der Waals surface area (Å²) in [4.78, 5) is 17.6. The van der Waals surface area contributed by atoms with Crippen molar-refractivity contribution in [2.45, 2.75) is 89.9 Å². The van der Waals surface area contributed by atoms with Crippen LogP contribution in [0.25, 0.3) is 0 Å². The van der Waals surface area contributed by atoms with Crippen LogP contribution in [0.4, 0.5) is 0 Å². The van der Waals surface area contributed by atoms with Gasteiger partial charge in [0.15, 0.2) is 0 Å². The van der Waals surface area contributed by atoms with Crippen LogP contribution in [0.3, 0.4) is 0 Å². The third kappa shape index (κ3) is 4.85. The van der Waals surface area contributed by atoms with E-state index in [2.05, 4.69) is 48.3 Å². The summed E-state index contributed by atoms with van der Waals surface area (Å²) in [7, 11) is -0.440. The standard InChI is InChI=1S/C27H40BN5O3/c1-26(2)20-15-21(26)27(3)22(16-20)35-28(36-27)23(11-7-8-14-29)32-25(34)17-33-24(30-18-31-33)13-12-19-9-5-4-6-10-19/h4-6,9-10,18,20-23H,7-8,11-17,29H2,1-3H3,(H,32,34). The second-order valence-corrected chi connectivity index (χ2v) is 11.6. The molecule has 1 aliphatic heterocycles. The summed E-state index contributed by atoms with van der Waals surface area (Å²) in [5.41, 5.74) is 6.97. The van der Waals surface area contributed by atoms with Crippen molar-refractivity contribution < 1.29 is 14.1 Å². The van der Waals surface area contributed by atoms with E-state index in [0.717, 1.165) is 44.3 Å². The Hall–Kier alpha value is -2.23. The zero-order valence-corrected chi connectivity index (χ0v) is 21.9. The van der Waals surface area contributed by atoms with E-state index in [1.165, 1.54) is 18.3 Å². The fourth-order valence-electron chi connectivity index (χ4n) is 6.76. The average Bonchev–Trinajstić information content (AvgIpc) is 3.45. The van der Waals surface area contributed by atoms with Crippen molar-refractivity contribution in [1.82, 2.24) is 20.1 Å². The van der Waals surface area contributed by atoms with Crippen LogP contribution in [-0.2, 0) is 33.5 Å². The first-order valence-corrected chi connectivity index (χ1v) is 13.5. The predicted octanol–water partition coefficient (Wildman–Crippen LogP) is 2.94. The Balaban J connectivity index is 1.22. The van der Waals surface area contributed by atoms with Crippen molar-refractivity contribution in [2.24, 2.45) is 23.0 Å². The minimum atomic E-state index is -0.440. The zero-order chi connectivity index (χ0) is 25.3. The highest BCUT2D eigenvalue weighted by molar-refractivity contribution is 6.47. The summed E-state index contributed by atoms with van der Waals surface area (Å²) >= 11 is 0.